The van der Waals surface area contributed by atoms with E-state index < -0.39 is 0 Å². The van der Waals surface area contributed by atoms with Crippen LogP contribution < -0.4 is 11.1 Å². The summed E-state index contributed by atoms with van der Waals surface area (Å²) in [7, 11) is 0. The quantitative estimate of drug-likeness (QED) is 0.905. The van der Waals surface area contributed by atoms with Crippen LogP contribution in [0.15, 0.2) is 51.6 Å². The van der Waals surface area contributed by atoms with E-state index in [1.165, 1.54) is 0 Å². The van der Waals surface area contributed by atoms with Crippen molar-refractivity contribution >= 4 is 21.6 Å². The lowest BCUT2D eigenvalue weighted by Gasteiger charge is -2.15. The first-order valence-electron chi connectivity index (χ1n) is 5.05. The molecule has 0 bridgehead atoms. The molecule has 1 atom stereocenters. The first-order valence-corrected chi connectivity index (χ1v) is 5.84. The van der Waals surface area contributed by atoms with Crippen molar-refractivity contribution in [2.45, 2.75) is 6.04 Å². The van der Waals surface area contributed by atoms with E-state index >= 15 is 0 Å². The second kappa shape index (κ2) is 5.18. The zero-order valence-electron chi connectivity index (χ0n) is 8.69. The molecule has 0 amide bonds. The van der Waals surface area contributed by atoms with Gasteiger partial charge in [-0.2, -0.15) is 0 Å². The summed E-state index contributed by atoms with van der Waals surface area (Å²) in [5, 5.41) is 3.32. The predicted molar refractivity (Wildman–Crippen MR) is 68.3 cm³/mol. The zero-order valence-corrected chi connectivity index (χ0v) is 10.3. The summed E-state index contributed by atoms with van der Waals surface area (Å²) in [5.74, 6) is 0.850. The lowest BCUT2D eigenvalue weighted by Crippen LogP contribution is -2.19. The predicted octanol–water partition coefficient (Wildman–Crippen LogP) is 3.15. The zero-order chi connectivity index (χ0) is 11.4. The number of benzene rings is 1. The molecule has 2 aromatic rings. The van der Waals surface area contributed by atoms with E-state index in [9.17, 15) is 0 Å². The maximum atomic E-state index is 5.72. The van der Waals surface area contributed by atoms with Gasteiger partial charge in [-0.05, 0) is 30.3 Å². The highest BCUT2D eigenvalue weighted by molar-refractivity contribution is 9.10. The third-order valence-corrected chi connectivity index (χ3v) is 2.78. The Morgan fingerprint density at radius 1 is 1.31 bits per heavy atom. The molecule has 0 aliphatic heterocycles. The average Bonchev–Trinajstić information content (AvgIpc) is 2.79. The maximum absolute atomic E-state index is 5.72. The lowest BCUT2D eigenvalue weighted by molar-refractivity contribution is 0.482. The van der Waals surface area contributed by atoms with Gasteiger partial charge in [0.05, 0.1) is 12.3 Å². The second-order valence-corrected chi connectivity index (χ2v) is 4.37. The summed E-state index contributed by atoms with van der Waals surface area (Å²) >= 11 is 3.43. The first-order chi connectivity index (χ1) is 7.79. The van der Waals surface area contributed by atoms with E-state index in [0.717, 1.165) is 15.9 Å². The monoisotopic (exact) mass is 280 g/mol. The van der Waals surface area contributed by atoms with Gasteiger partial charge in [0.1, 0.15) is 5.76 Å². The molecule has 4 heteroatoms. The number of hydrogen-bond acceptors (Lipinski definition) is 3. The van der Waals surface area contributed by atoms with E-state index in [1.54, 1.807) is 6.26 Å². The Labute approximate surface area is 103 Å². The Balaban J connectivity index is 2.13. The SMILES string of the molecule is NCC(Nc1cccc(Br)c1)c1ccco1. The van der Waals surface area contributed by atoms with E-state index in [4.69, 9.17) is 10.2 Å². The molecule has 0 spiro atoms. The fourth-order valence-electron chi connectivity index (χ4n) is 1.52. The summed E-state index contributed by atoms with van der Waals surface area (Å²) in [6.07, 6.45) is 1.65. The van der Waals surface area contributed by atoms with Crippen LogP contribution in [-0.4, -0.2) is 6.54 Å². The normalized spacial score (nSPS) is 12.4. The minimum Gasteiger partial charge on any atom is -0.467 e. The smallest absolute Gasteiger partial charge is 0.127 e. The van der Waals surface area contributed by atoms with Crippen molar-refractivity contribution in [2.24, 2.45) is 5.73 Å². The summed E-state index contributed by atoms with van der Waals surface area (Å²) in [5.41, 5.74) is 6.73. The van der Waals surface area contributed by atoms with Crippen molar-refractivity contribution in [3.63, 3.8) is 0 Å². The molecule has 1 unspecified atom stereocenters. The molecule has 0 saturated heterocycles. The van der Waals surface area contributed by atoms with Crippen molar-refractivity contribution in [1.29, 1.82) is 0 Å². The third kappa shape index (κ3) is 2.65. The molecule has 1 heterocycles. The molecule has 84 valence electrons. The summed E-state index contributed by atoms with van der Waals surface area (Å²) in [6.45, 7) is 0.486. The molecule has 3 nitrogen and oxygen atoms in total. The van der Waals surface area contributed by atoms with Gasteiger partial charge < -0.3 is 15.5 Å². The van der Waals surface area contributed by atoms with Crippen molar-refractivity contribution in [2.75, 3.05) is 11.9 Å². The Hall–Kier alpha value is -1.26. The van der Waals surface area contributed by atoms with Gasteiger partial charge in [0.15, 0.2) is 0 Å². The van der Waals surface area contributed by atoms with Crippen LogP contribution >= 0.6 is 15.9 Å². The van der Waals surface area contributed by atoms with Crippen molar-refractivity contribution < 1.29 is 4.42 Å². The van der Waals surface area contributed by atoms with Gasteiger partial charge in [0.25, 0.3) is 0 Å². The second-order valence-electron chi connectivity index (χ2n) is 3.46. The Morgan fingerprint density at radius 3 is 2.81 bits per heavy atom. The largest absolute Gasteiger partial charge is 0.467 e. The van der Waals surface area contributed by atoms with Gasteiger partial charge in [0.2, 0.25) is 0 Å². The van der Waals surface area contributed by atoms with Crippen molar-refractivity contribution in [3.8, 4) is 0 Å². The van der Waals surface area contributed by atoms with Crippen LogP contribution in [0.25, 0.3) is 0 Å². The highest BCUT2D eigenvalue weighted by Crippen LogP contribution is 2.21. The van der Waals surface area contributed by atoms with E-state index in [1.807, 2.05) is 36.4 Å². The fourth-order valence-corrected chi connectivity index (χ4v) is 1.91. The van der Waals surface area contributed by atoms with Gasteiger partial charge in [-0.25, -0.2) is 0 Å². The van der Waals surface area contributed by atoms with Gasteiger partial charge in [-0.1, -0.05) is 22.0 Å². The van der Waals surface area contributed by atoms with Crippen molar-refractivity contribution in [3.05, 3.63) is 52.9 Å². The third-order valence-electron chi connectivity index (χ3n) is 2.29. The first kappa shape index (κ1) is 11.2. The fraction of sp³-hybridized carbons (Fsp3) is 0.167. The van der Waals surface area contributed by atoms with Crippen molar-refractivity contribution in [1.82, 2.24) is 0 Å². The minimum absolute atomic E-state index is 0.00398. The lowest BCUT2D eigenvalue weighted by atomic mass is 10.2. The molecule has 1 aromatic carbocycles. The molecule has 0 radical (unpaired) electrons. The van der Waals surface area contributed by atoms with Gasteiger partial charge in [-0.15, -0.1) is 0 Å². The molecule has 2 rings (SSSR count). The molecule has 0 aliphatic rings. The molecule has 16 heavy (non-hydrogen) atoms. The van der Waals surface area contributed by atoms with Crippen LogP contribution in [0, 0.1) is 0 Å². The number of halogens is 1. The standard InChI is InChI=1S/C12H13BrN2O/c13-9-3-1-4-10(7-9)15-11(8-14)12-5-2-6-16-12/h1-7,11,15H,8,14H2. The van der Waals surface area contributed by atoms with E-state index in [-0.39, 0.29) is 6.04 Å². The minimum atomic E-state index is 0.00398. The number of nitrogens with one attached hydrogen (secondary N) is 1. The molecule has 0 fully saturated rings. The van der Waals surface area contributed by atoms with Gasteiger partial charge in [-0.3, -0.25) is 0 Å². The summed E-state index contributed by atoms with van der Waals surface area (Å²) in [6, 6.07) is 11.7. The summed E-state index contributed by atoms with van der Waals surface area (Å²) < 4.78 is 6.37. The number of furan rings is 1. The van der Waals surface area contributed by atoms with Gasteiger partial charge >= 0.3 is 0 Å². The Morgan fingerprint density at radius 2 is 2.19 bits per heavy atom. The molecule has 3 N–H and O–H groups in total. The highest BCUT2D eigenvalue weighted by Gasteiger charge is 2.11. The van der Waals surface area contributed by atoms with E-state index in [2.05, 4.69) is 21.2 Å². The van der Waals surface area contributed by atoms with Crippen LogP contribution in [0.1, 0.15) is 11.8 Å². The average molecular weight is 281 g/mol. The topological polar surface area (TPSA) is 51.2 Å². The Kier molecular flexibility index (Phi) is 3.64. The van der Waals surface area contributed by atoms with Crippen LogP contribution in [0.2, 0.25) is 0 Å². The molecule has 1 aromatic heterocycles. The van der Waals surface area contributed by atoms with Crippen LogP contribution in [0.4, 0.5) is 5.69 Å². The van der Waals surface area contributed by atoms with Crippen LogP contribution in [-0.2, 0) is 0 Å². The van der Waals surface area contributed by atoms with Gasteiger partial charge in [0, 0.05) is 16.7 Å². The maximum Gasteiger partial charge on any atom is 0.127 e. The molecular weight excluding hydrogens is 268 g/mol. The number of rotatable bonds is 4. The highest BCUT2D eigenvalue weighted by atomic mass is 79.9. The number of nitrogens with two attached hydrogens (primary N) is 1. The molecule has 0 aliphatic carbocycles. The van der Waals surface area contributed by atoms with Crippen LogP contribution in [0.3, 0.4) is 0 Å². The molecular formula is C12H13BrN2O. The Bertz CT molecular complexity index is 442. The number of anilines is 1. The number of hydrogen-bond donors (Lipinski definition) is 2. The molecule has 0 saturated carbocycles. The van der Waals surface area contributed by atoms with Crippen LogP contribution in [0.5, 0.6) is 0 Å². The van der Waals surface area contributed by atoms with E-state index in [0.29, 0.717) is 6.54 Å². The summed E-state index contributed by atoms with van der Waals surface area (Å²) in [4.78, 5) is 0.